The first-order valence-electron chi connectivity index (χ1n) is 9.86. The molecule has 3 rings (SSSR count). The van der Waals surface area contributed by atoms with Crippen molar-refractivity contribution in [1.82, 2.24) is 10.2 Å². The Kier molecular flexibility index (Phi) is 8.24. The molecular weight excluding hydrogens is 364 g/mol. The number of halogens is 1. The van der Waals surface area contributed by atoms with E-state index in [2.05, 4.69) is 23.2 Å². The molecule has 1 N–H and O–H groups in total. The monoisotopic (exact) mass is 396 g/mol. The Morgan fingerprint density at radius 2 is 1.89 bits per heavy atom. The predicted octanol–water partition coefficient (Wildman–Crippen LogP) is 3.81. The Hall–Kier alpha value is -1.46. The first kappa shape index (κ1) is 21.8. The zero-order valence-corrected chi connectivity index (χ0v) is 17.5. The van der Waals surface area contributed by atoms with E-state index in [-0.39, 0.29) is 18.4 Å². The molecule has 0 bridgehead atoms. The Balaban J connectivity index is 0.00000261. The second-order valence-corrected chi connectivity index (χ2v) is 7.63. The van der Waals surface area contributed by atoms with Gasteiger partial charge < -0.3 is 19.7 Å². The van der Waals surface area contributed by atoms with Crippen LogP contribution in [0.3, 0.4) is 0 Å². The van der Waals surface area contributed by atoms with Crippen LogP contribution in [0.15, 0.2) is 18.2 Å². The van der Waals surface area contributed by atoms with Gasteiger partial charge in [0.05, 0.1) is 20.3 Å². The molecule has 2 aliphatic heterocycles. The maximum Gasteiger partial charge on any atom is 0.223 e. The molecule has 0 spiro atoms. The molecule has 2 fully saturated rings. The topological polar surface area (TPSA) is 50.8 Å². The van der Waals surface area contributed by atoms with Crippen LogP contribution in [0.5, 0.6) is 11.5 Å². The van der Waals surface area contributed by atoms with Gasteiger partial charge in [-0.05, 0) is 68.3 Å². The summed E-state index contributed by atoms with van der Waals surface area (Å²) >= 11 is 0. The molecule has 1 aromatic rings. The van der Waals surface area contributed by atoms with Crippen LogP contribution in [0.2, 0.25) is 0 Å². The molecular formula is C21H33ClN2O3. The zero-order valence-electron chi connectivity index (χ0n) is 16.7. The van der Waals surface area contributed by atoms with Crippen molar-refractivity contribution in [1.29, 1.82) is 0 Å². The number of likely N-dealkylation sites (tertiary alicyclic amines) is 1. The third kappa shape index (κ3) is 5.08. The van der Waals surface area contributed by atoms with Crippen LogP contribution in [-0.4, -0.2) is 44.7 Å². The molecule has 27 heavy (non-hydrogen) atoms. The Morgan fingerprint density at radius 1 is 1.19 bits per heavy atom. The van der Waals surface area contributed by atoms with Gasteiger partial charge in [0.25, 0.3) is 0 Å². The van der Waals surface area contributed by atoms with E-state index in [9.17, 15) is 4.79 Å². The Morgan fingerprint density at radius 3 is 2.56 bits per heavy atom. The van der Waals surface area contributed by atoms with E-state index in [1.165, 1.54) is 12.8 Å². The number of nitrogens with one attached hydrogen (secondary N) is 1. The summed E-state index contributed by atoms with van der Waals surface area (Å²) in [5.74, 6) is 2.88. The molecule has 152 valence electrons. The first-order valence-corrected chi connectivity index (χ1v) is 9.86. The van der Waals surface area contributed by atoms with Gasteiger partial charge in [0.15, 0.2) is 11.5 Å². The van der Waals surface area contributed by atoms with Gasteiger partial charge in [-0.3, -0.25) is 4.79 Å². The van der Waals surface area contributed by atoms with Gasteiger partial charge in [0.1, 0.15) is 0 Å². The van der Waals surface area contributed by atoms with E-state index >= 15 is 0 Å². The van der Waals surface area contributed by atoms with E-state index in [1.807, 2.05) is 12.1 Å². The Bertz CT molecular complexity index is 619. The summed E-state index contributed by atoms with van der Waals surface area (Å²) in [5.41, 5.74) is 1.14. The van der Waals surface area contributed by atoms with Crippen LogP contribution in [0.1, 0.15) is 50.6 Å². The largest absolute Gasteiger partial charge is 0.493 e. The fourth-order valence-electron chi connectivity index (χ4n) is 4.44. The second-order valence-electron chi connectivity index (χ2n) is 7.63. The molecule has 1 amide bonds. The molecule has 2 unspecified atom stereocenters. The molecule has 2 aliphatic rings. The molecule has 2 saturated heterocycles. The highest BCUT2D eigenvalue weighted by Crippen LogP contribution is 2.38. The van der Waals surface area contributed by atoms with Gasteiger partial charge in [0, 0.05) is 13.0 Å². The number of nitrogens with zero attached hydrogens (tertiary/aromatic N) is 1. The maximum absolute atomic E-state index is 13.0. The summed E-state index contributed by atoms with van der Waals surface area (Å²) in [6, 6.07) is 6.17. The summed E-state index contributed by atoms with van der Waals surface area (Å²) in [4.78, 5) is 15.1. The fraction of sp³-hybridized carbons (Fsp3) is 0.667. The normalized spacial score (nSPS) is 21.4. The van der Waals surface area contributed by atoms with Crippen molar-refractivity contribution in [2.24, 2.45) is 11.8 Å². The lowest BCUT2D eigenvalue weighted by atomic mass is 9.84. The van der Waals surface area contributed by atoms with E-state index in [0.29, 0.717) is 24.2 Å². The van der Waals surface area contributed by atoms with Crippen LogP contribution >= 0.6 is 12.4 Å². The van der Waals surface area contributed by atoms with Gasteiger partial charge >= 0.3 is 0 Å². The average Bonchev–Trinajstić information content (AvgIpc) is 3.18. The number of hydrogen-bond donors (Lipinski definition) is 1. The van der Waals surface area contributed by atoms with Crippen LogP contribution in [0, 0.1) is 11.8 Å². The number of hydrogen-bond acceptors (Lipinski definition) is 4. The first-order chi connectivity index (χ1) is 12.6. The van der Waals surface area contributed by atoms with Gasteiger partial charge in [-0.15, -0.1) is 12.4 Å². The van der Waals surface area contributed by atoms with Crippen LogP contribution in [0.4, 0.5) is 0 Å². The lowest BCUT2D eigenvalue weighted by Crippen LogP contribution is -2.35. The highest BCUT2D eigenvalue weighted by molar-refractivity contribution is 5.85. The van der Waals surface area contributed by atoms with Crippen molar-refractivity contribution >= 4 is 18.3 Å². The van der Waals surface area contributed by atoms with Gasteiger partial charge in [-0.2, -0.15) is 0 Å². The summed E-state index contributed by atoms with van der Waals surface area (Å²) in [6.45, 7) is 5.27. The third-order valence-electron chi connectivity index (χ3n) is 6.05. The molecule has 0 aromatic heterocycles. The number of methoxy groups -OCH3 is 2. The lowest BCUT2D eigenvalue weighted by molar-refractivity contribution is -0.133. The van der Waals surface area contributed by atoms with E-state index in [1.54, 1.807) is 14.2 Å². The smallest absolute Gasteiger partial charge is 0.223 e. The summed E-state index contributed by atoms with van der Waals surface area (Å²) in [7, 11) is 3.30. The van der Waals surface area contributed by atoms with Crippen LogP contribution in [-0.2, 0) is 4.79 Å². The molecule has 2 atom stereocenters. The van der Waals surface area contributed by atoms with E-state index in [0.717, 1.165) is 49.5 Å². The standard InChI is InChI=1S/C21H32N2O3.ClH/c1-15(16-8-10-22-11-9-16)13-21(24)23-12-4-5-18(23)17-6-7-19(25-2)20(14-17)26-3;/h6-7,14-16,18,22H,4-5,8-13H2,1-3H3;1H. The van der Waals surface area contributed by atoms with E-state index < -0.39 is 0 Å². The van der Waals surface area contributed by atoms with Gasteiger partial charge in [-0.1, -0.05) is 13.0 Å². The van der Waals surface area contributed by atoms with Crippen molar-refractivity contribution in [2.75, 3.05) is 33.9 Å². The zero-order chi connectivity index (χ0) is 18.5. The average molecular weight is 397 g/mol. The minimum absolute atomic E-state index is 0. The van der Waals surface area contributed by atoms with Crippen molar-refractivity contribution in [3.8, 4) is 11.5 Å². The quantitative estimate of drug-likeness (QED) is 0.794. The highest BCUT2D eigenvalue weighted by atomic mass is 35.5. The minimum atomic E-state index is 0. The highest BCUT2D eigenvalue weighted by Gasteiger charge is 2.32. The van der Waals surface area contributed by atoms with Gasteiger partial charge in [0.2, 0.25) is 5.91 Å². The lowest BCUT2D eigenvalue weighted by Gasteiger charge is -2.31. The van der Waals surface area contributed by atoms with Crippen molar-refractivity contribution < 1.29 is 14.3 Å². The minimum Gasteiger partial charge on any atom is -0.493 e. The number of ether oxygens (including phenoxy) is 2. The molecule has 5 nitrogen and oxygen atoms in total. The number of piperidine rings is 1. The summed E-state index contributed by atoms with van der Waals surface area (Å²) in [5, 5.41) is 3.41. The SMILES string of the molecule is COc1ccc(C2CCCN2C(=O)CC(C)C2CCNCC2)cc1OC.Cl. The number of rotatable bonds is 6. The van der Waals surface area contributed by atoms with Crippen LogP contribution < -0.4 is 14.8 Å². The Labute approximate surface area is 169 Å². The van der Waals surface area contributed by atoms with E-state index in [4.69, 9.17) is 9.47 Å². The molecule has 0 saturated carbocycles. The number of carbonyl (C=O) groups is 1. The fourth-order valence-corrected chi connectivity index (χ4v) is 4.44. The molecule has 0 aliphatic carbocycles. The molecule has 0 radical (unpaired) electrons. The van der Waals surface area contributed by atoms with Gasteiger partial charge in [-0.25, -0.2) is 0 Å². The summed E-state index contributed by atoms with van der Waals surface area (Å²) < 4.78 is 10.8. The molecule has 6 heteroatoms. The second kappa shape index (κ2) is 10.2. The predicted molar refractivity (Wildman–Crippen MR) is 110 cm³/mol. The molecule has 2 heterocycles. The number of carbonyl (C=O) groups excluding carboxylic acids is 1. The van der Waals surface area contributed by atoms with Crippen LogP contribution in [0.25, 0.3) is 0 Å². The summed E-state index contributed by atoms with van der Waals surface area (Å²) in [6.07, 6.45) is 5.12. The van der Waals surface area contributed by atoms with Crippen molar-refractivity contribution in [3.63, 3.8) is 0 Å². The third-order valence-corrected chi connectivity index (χ3v) is 6.05. The van der Waals surface area contributed by atoms with Crippen molar-refractivity contribution in [3.05, 3.63) is 23.8 Å². The number of amides is 1. The number of benzene rings is 1. The molecule has 1 aromatic carbocycles. The van der Waals surface area contributed by atoms with Crippen molar-refractivity contribution in [2.45, 2.75) is 45.1 Å². The maximum atomic E-state index is 13.0.